The van der Waals surface area contributed by atoms with Crippen molar-refractivity contribution in [1.29, 1.82) is 0 Å². The Morgan fingerprint density at radius 2 is 1.88 bits per heavy atom. The van der Waals surface area contributed by atoms with Gasteiger partial charge in [-0.2, -0.15) is 5.10 Å². The van der Waals surface area contributed by atoms with Crippen LogP contribution in [-0.4, -0.2) is 27.9 Å². The van der Waals surface area contributed by atoms with E-state index in [0.29, 0.717) is 13.0 Å². The normalized spacial score (nSPS) is 22.4. The molecule has 1 fully saturated rings. The molecule has 0 spiro atoms. The zero-order chi connectivity index (χ0) is 17.8. The van der Waals surface area contributed by atoms with Crippen LogP contribution in [-0.2, 0) is 21.7 Å². The zero-order valence-corrected chi connectivity index (χ0v) is 14.6. The number of nitrogens with zero attached hydrogens (tertiary/aromatic N) is 2. The largest absolute Gasteiger partial charge is 0.457 e. The summed E-state index contributed by atoms with van der Waals surface area (Å²) < 4.78 is 18.2. The minimum atomic E-state index is -0.856. The fourth-order valence-electron chi connectivity index (χ4n) is 3.05. The van der Waals surface area contributed by atoms with E-state index in [1.54, 1.807) is 0 Å². The van der Waals surface area contributed by atoms with Crippen LogP contribution >= 0.6 is 0 Å². The lowest BCUT2D eigenvalue weighted by molar-refractivity contribution is -0.177. The van der Waals surface area contributed by atoms with Crippen molar-refractivity contribution in [1.82, 2.24) is 15.2 Å². The molecule has 6 heteroatoms. The molecule has 0 amide bonds. The second-order valence-electron chi connectivity index (χ2n) is 6.26. The Hall–Kier alpha value is -2.70. The molecule has 1 saturated heterocycles. The van der Waals surface area contributed by atoms with E-state index in [0.717, 1.165) is 29.3 Å². The molecule has 2 unspecified atom stereocenters. The molecular weight excluding hydrogens is 330 g/mol. The third-order valence-corrected chi connectivity index (χ3v) is 4.45. The predicted octanol–water partition coefficient (Wildman–Crippen LogP) is 3.82. The number of ether oxygens (including phenoxy) is 3. The second-order valence-corrected chi connectivity index (χ2v) is 6.26. The summed E-state index contributed by atoms with van der Waals surface area (Å²) in [5.41, 5.74) is 0.935. The number of hydrogen-bond acceptors (Lipinski definition) is 5. The summed E-state index contributed by atoms with van der Waals surface area (Å²) in [7, 11) is 0. The Labute approximate surface area is 152 Å². The highest BCUT2D eigenvalue weighted by atomic mass is 16.7. The third kappa shape index (κ3) is 3.47. The standard InChI is InChI=1S/C20H21N3O3/c1-2-16-13-24-20(26-16,12-19-21-14-22-23-19)15-8-10-18(11-9-15)25-17-6-4-3-5-7-17/h3-11,14,16H,2,12-13H2,1H3,(H,21,22,23). The SMILES string of the molecule is CCC1COC(Cc2ncn[nH]2)(c2ccc(Oc3ccccc3)cc2)O1. The minimum Gasteiger partial charge on any atom is -0.457 e. The number of benzene rings is 2. The van der Waals surface area contributed by atoms with E-state index in [-0.39, 0.29) is 6.10 Å². The number of aromatic nitrogens is 3. The summed E-state index contributed by atoms with van der Waals surface area (Å²) >= 11 is 0. The topological polar surface area (TPSA) is 69.3 Å². The van der Waals surface area contributed by atoms with Gasteiger partial charge in [-0.1, -0.05) is 25.1 Å². The molecule has 6 nitrogen and oxygen atoms in total. The number of nitrogens with one attached hydrogen (secondary N) is 1. The minimum absolute atomic E-state index is 0.0677. The van der Waals surface area contributed by atoms with Crippen LogP contribution in [0.5, 0.6) is 11.5 Å². The molecule has 0 radical (unpaired) electrons. The lowest BCUT2D eigenvalue weighted by Crippen LogP contribution is -2.31. The third-order valence-electron chi connectivity index (χ3n) is 4.45. The van der Waals surface area contributed by atoms with Crippen molar-refractivity contribution in [2.75, 3.05) is 6.61 Å². The Bertz CT molecular complexity index is 821. The summed E-state index contributed by atoms with van der Waals surface area (Å²) in [6.07, 6.45) is 2.93. The summed E-state index contributed by atoms with van der Waals surface area (Å²) in [6, 6.07) is 17.5. The van der Waals surface area contributed by atoms with Crippen molar-refractivity contribution < 1.29 is 14.2 Å². The first-order chi connectivity index (χ1) is 12.8. The maximum atomic E-state index is 6.26. The van der Waals surface area contributed by atoms with E-state index >= 15 is 0 Å². The highest BCUT2D eigenvalue weighted by molar-refractivity contribution is 5.35. The van der Waals surface area contributed by atoms with E-state index < -0.39 is 5.79 Å². The van der Waals surface area contributed by atoms with Gasteiger partial charge in [-0.25, -0.2) is 4.98 Å². The summed E-state index contributed by atoms with van der Waals surface area (Å²) in [6.45, 7) is 2.66. The van der Waals surface area contributed by atoms with Gasteiger partial charge in [0.1, 0.15) is 23.7 Å². The van der Waals surface area contributed by atoms with Crippen molar-refractivity contribution in [3.8, 4) is 11.5 Å². The summed E-state index contributed by atoms with van der Waals surface area (Å²) in [5, 5.41) is 6.81. The van der Waals surface area contributed by atoms with Gasteiger partial charge >= 0.3 is 0 Å². The van der Waals surface area contributed by atoms with Crippen molar-refractivity contribution in [3.05, 3.63) is 72.3 Å². The molecule has 26 heavy (non-hydrogen) atoms. The lowest BCUT2D eigenvalue weighted by Gasteiger charge is -2.28. The van der Waals surface area contributed by atoms with Crippen molar-refractivity contribution in [3.63, 3.8) is 0 Å². The van der Waals surface area contributed by atoms with E-state index in [9.17, 15) is 0 Å². The number of hydrogen-bond donors (Lipinski definition) is 1. The Morgan fingerprint density at radius 1 is 1.12 bits per heavy atom. The Morgan fingerprint density at radius 3 is 2.54 bits per heavy atom. The zero-order valence-electron chi connectivity index (χ0n) is 14.6. The maximum absolute atomic E-state index is 6.26. The highest BCUT2D eigenvalue weighted by Gasteiger charge is 2.43. The van der Waals surface area contributed by atoms with Gasteiger partial charge in [0.2, 0.25) is 5.79 Å². The van der Waals surface area contributed by atoms with Gasteiger partial charge in [-0.3, -0.25) is 5.10 Å². The van der Waals surface area contributed by atoms with Crippen LogP contribution in [0.4, 0.5) is 0 Å². The molecule has 0 bridgehead atoms. The van der Waals surface area contributed by atoms with E-state index in [4.69, 9.17) is 14.2 Å². The molecule has 2 atom stereocenters. The van der Waals surface area contributed by atoms with E-state index in [1.807, 2.05) is 54.6 Å². The Kier molecular flexibility index (Phi) is 4.69. The first kappa shape index (κ1) is 16.8. The van der Waals surface area contributed by atoms with Crippen molar-refractivity contribution in [2.24, 2.45) is 0 Å². The molecule has 1 aliphatic rings. The first-order valence-electron chi connectivity index (χ1n) is 8.77. The molecule has 2 aromatic carbocycles. The molecule has 4 rings (SSSR count). The lowest BCUT2D eigenvalue weighted by atomic mass is 10.0. The summed E-state index contributed by atoms with van der Waals surface area (Å²) in [5.74, 6) is 1.44. The monoisotopic (exact) mass is 351 g/mol. The van der Waals surface area contributed by atoms with Gasteiger partial charge in [0.05, 0.1) is 19.1 Å². The van der Waals surface area contributed by atoms with Gasteiger partial charge in [0.25, 0.3) is 0 Å². The van der Waals surface area contributed by atoms with E-state index in [2.05, 4.69) is 22.1 Å². The quantitative estimate of drug-likeness (QED) is 0.731. The molecule has 3 aromatic rings. The van der Waals surface area contributed by atoms with Crippen LogP contribution in [0.1, 0.15) is 24.7 Å². The smallest absolute Gasteiger partial charge is 0.202 e. The average molecular weight is 351 g/mol. The highest BCUT2D eigenvalue weighted by Crippen LogP contribution is 2.38. The summed E-state index contributed by atoms with van der Waals surface area (Å²) in [4.78, 5) is 4.22. The molecule has 1 N–H and O–H groups in total. The van der Waals surface area contributed by atoms with Crippen LogP contribution in [0.3, 0.4) is 0 Å². The van der Waals surface area contributed by atoms with Gasteiger partial charge in [-0.05, 0) is 42.8 Å². The van der Waals surface area contributed by atoms with E-state index in [1.165, 1.54) is 6.33 Å². The van der Waals surface area contributed by atoms with Crippen LogP contribution in [0.25, 0.3) is 0 Å². The molecule has 1 aliphatic heterocycles. The number of H-pyrrole nitrogens is 1. The number of aromatic amines is 1. The molecule has 134 valence electrons. The van der Waals surface area contributed by atoms with Gasteiger partial charge in [0, 0.05) is 5.56 Å². The van der Waals surface area contributed by atoms with Gasteiger partial charge in [-0.15, -0.1) is 0 Å². The molecule has 2 heterocycles. The fraction of sp³-hybridized carbons (Fsp3) is 0.300. The van der Waals surface area contributed by atoms with Crippen LogP contribution in [0.15, 0.2) is 60.9 Å². The maximum Gasteiger partial charge on any atom is 0.202 e. The first-order valence-corrected chi connectivity index (χ1v) is 8.77. The van der Waals surface area contributed by atoms with Gasteiger partial charge < -0.3 is 14.2 Å². The van der Waals surface area contributed by atoms with Crippen LogP contribution < -0.4 is 4.74 Å². The number of rotatable bonds is 6. The average Bonchev–Trinajstić information content (AvgIpc) is 3.34. The van der Waals surface area contributed by atoms with Crippen LogP contribution in [0, 0.1) is 0 Å². The molecular formula is C20H21N3O3. The second kappa shape index (κ2) is 7.27. The van der Waals surface area contributed by atoms with Crippen molar-refractivity contribution >= 4 is 0 Å². The fourth-order valence-corrected chi connectivity index (χ4v) is 3.05. The molecule has 1 aromatic heterocycles. The van der Waals surface area contributed by atoms with Crippen molar-refractivity contribution in [2.45, 2.75) is 31.7 Å². The van der Waals surface area contributed by atoms with Crippen LogP contribution in [0.2, 0.25) is 0 Å². The molecule has 0 saturated carbocycles. The Balaban J connectivity index is 1.57. The predicted molar refractivity (Wildman–Crippen MR) is 95.8 cm³/mol. The van der Waals surface area contributed by atoms with Gasteiger partial charge in [0.15, 0.2) is 0 Å². The number of para-hydroxylation sites is 1. The molecule has 0 aliphatic carbocycles.